The van der Waals surface area contributed by atoms with Gasteiger partial charge in [0.1, 0.15) is 25.4 Å². The molecule has 0 aliphatic rings. The van der Waals surface area contributed by atoms with E-state index in [4.69, 9.17) is 9.15 Å². The molecule has 0 saturated carbocycles. The molecule has 3 nitrogen and oxygen atoms in total. The molecule has 0 radical (unpaired) electrons. The molecule has 1 aromatic heterocycles. The fourth-order valence-electron chi connectivity index (χ4n) is 1.70. The molecule has 1 heterocycles. The predicted octanol–water partition coefficient (Wildman–Crippen LogP) is 2.44. The van der Waals surface area contributed by atoms with E-state index in [1.807, 2.05) is 17.4 Å². The predicted molar refractivity (Wildman–Crippen MR) is 66.1 cm³/mol. The number of hydrogen-bond donors (Lipinski definition) is 1. The van der Waals surface area contributed by atoms with Gasteiger partial charge >= 0.3 is 6.18 Å². The van der Waals surface area contributed by atoms with Crippen LogP contribution in [0.1, 0.15) is 11.3 Å². The molecular weight excluding hydrogens is 271 g/mol. The third kappa shape index (κ3) is 4.31. The van der Waals surface area contributed by atoms with Crippen LogP contribution in [0, 0.1) is 0 Å². The standard InChI is InChI=1S/C14H14F3NO2/c15-14(16,17)11-3-1-4-12(9-11)20-8-6-18-10-13-5-2-7-19-13/h1-5,7,9,18H,6,8,10H2/p+1. The first kappa shape index (κ1) is 14.5. The number of ether oxygens (including phenoxy) is 1. The van der Waals surface area contributed by atoms with Gasteiger partial charge in [-0.1, -0.05) is 6.07 Å². The molecule has 0 aliphatic carbocycles. The van der Waals surface area contributed by atoms with Crippen LogP contribution >= 0.6 is 0 Å². The molecule has 2 rings (SSSR count). The highest BCUT2D eigenvalue weighted by molar-refractivity contribution is 5.30. The summed E-state index contributed by atoms with van der Waals surface area (Å²) in [5.41, 5.74) is -0.699. The summed E-state index contributed by atoms with van der Waals surface area (Å²) in [7, 11) is 0. The van der Waals surface area contributed by atoms with Crippen LogP contribution in [0.3, 0.4) is 0 Å². The van der Waals surface area contributed by atoms with Gasteiger partial charge in [0.15, 0.2) is 5.76 Å². The summed E-state index contributed by atoms with van der Waals surface area (Å²) in [4.78, 5) is 0. The fourth-order valence-corrected chi connectivity index (χ4v) is 1.70. The molecule has 0 saturated heterocycles. The van der Waals surface area contributed by atoms with Gasteiger partial charge in [0.25, 0.3) is 0 Å². The number of alkyl halides is 3. The average Bonchev–Trinajstić information content (AvgIpc) is 2.91. The zero-order valence-electron chi connectivity index (χ0n) is 10.7. The van der Waals surface area contributed by atoms with Crippen molar-refractivity contribution in [3.63, 3.8) is 0 Å². The fraction of sp³-hybridized carbons (Fsp3) is 0.286. The van der Waals surface area contributed by atoms with Crippen molar-refractivity contribution in [1.82, 2.24) is 0 Å². The lowest BCUT2D eigenvalue weighted by Crippen LogP contribution is -2.83. The number of rotatable bonds is 6. The number of nitrogens with two attached hydrogens (primary N) is 1. The van der Waals surface area contributed by atoms with E-state index in [-0.39, 0.29) is 5.75 Å². The molecule has 0 spiro atoms. The van der Waals surface area contributed by atoms with Crippen LogP contribution in [0.5, 0.6) is 5.75 Å². The molecule has 108 valence electrons. The number of furan rings is 1. The van der Waals surface area contributed by atoms with Crippen LogP contribution in [-0.4, -0.2) is 13.2 Å². The van der Waals surface area contributed by atoms with E-state index in [2.05, 4.69) is 0 Å². The molecular formula is C14H15F3NO2+. The monoisotopic (exact) mass is 286 g/mol. The van der Waals surface area contributed by atoms with Crippen LogP contribution in [-0.2, 0) is 12.7 Å². The number of benzene rings is 1. The first-order valence-electron chi connectivity index (χ1n) is 6.20. The highest BCUT2D eigenvalue weighted by atomic mass is 19.4. The zero-order chi connectivity index (χ0) is 14.4. The quantitative estimate of drug-likeness (QED) is 0.828. The normalized spacial score (nSPS) is 11.6. The third-order valence-electron chi connectivity index (χ3n) is 2.68. The largest absolute Gasteiger partial charge is 0.488 e. The van der Waals surface area contributed by atoms with Crippen molar-refractivity contribution in [2.24, 2.45) is 0 Å². The maximum atomic E-state index is 12.5. The minimum Gasteiger partial charge on any atom is -0.488 e. The van der Waals surface area contributed by atoms with Gasteiger partial charge in [-0.3, -0.25) is 0 Å². The van der Waals surface area contributed by atoms with Crippen molar-refractivity contribution in [3.8, 4) is 5.75 Å². The number of quaternary nitrogens is 1. The van der Waals surface area contributed by atoms with E-state index in [1.54, 1.807) is 6.26 Å². The van der Waals surface area contributed by atoms with Gasteiger partial charge in [-0.2, -0.15) is 13.2 Å². The van der Waals surface area contributed by atoms with Crippen LogP contribution in [0.25, 0.3) is 0 Å². The van der Waals surface area contributed by atoms with Crippen molar-refractivity contribution in [2.75, 3.05) is 13.2 Å². The molecule has 0 aliphatic heterocycles. The Hall–Kier alpha value is -1.95. The molecule has 0 atom stereocenters. The third-order valence-corrected chi connectivity index (χ3v) is 2.68. The average molecular weight is 286 g/mol. The second-order valence-corrected chi connectivity index (χ2v) is 4.23. The van der Waals surface area contributed by atoms with Crippen LogP contribution in [0.2, 0.25) is 0 Å². The summed E-state index contributed by atoms with van der Waals surface area (Å²) >= 11 is 0. The molecule has 2 N–H and O–H groups in total. The summed E-state index contributed by atoms with van der Waals surface area (Å²) in [5.74, 6) is 1.08. The summed E-state index contributed by atoms with van der Waals surface area (Å²) in [6.45, 7) is 1.65. The first-order chi connectivity index (χ1) is 9.55. The second kappa shape index (κ2) is 6.47. The Morgan fingerprint density at radius 1 is 1.15 bits per heavy atom. The zero-order valence-corrected chi connectivity index (χ0v) is 10.7. The van der Waals surface area contributed by atoms with Gasteiger partial charge in [-0.15, -0.1) is 0 Å². The molecule has 6 heteroatoms. The lowest BCUT2D eigenvalue weighted by atomic mass is 10.2. The van der Waals surface area contributed by atoms with Crippen molar-refractivity contribution >= 4 is 0 Å². The summed E-state index contributed by atoms with van der Waals surface area (Å²) in [5, 5.41) is 1.96. The van der Waals surface area contributed by atoms with Crippen molar-refractivity contribution in [2.45, 2.75) is 12.7 Å². The highest BCUT2D eigenvalue weighted by Crippen LogP contribution is 2.31. The van der Waals surface area contributed by atoms with E-state index in [1.165, 1.54) is 12.1 Å². The van der Waals surface area contributed by atoms with E-state index in [0.29, 0.717) is 19.7 Å². The molecule has 1 aromatic carbocycles. The maximum Gasteiger partial charge on any atom is 0.416 e. The number of halogens is 3. The SMILES string of the molecule is FC(F)(F)c1cccc(OCC[NH2+]Cc2ccco2)c1. The Kier molecular flexibility index (Phi) is 4.68. The smallest absolute Gasteiger partial charge is 0.416 e. The lowest BCUT2D eigenvalue weighted by molar-refractivity contribution is -0.672. The van der Waals surface area contributed by atoms with E-state index in [9.17, 15) is 13.2 Å². The van der Waals surface area contributed by atoms with Crippen LogP contribution in [0.15, 0.2) is 47.1 Å². The van der Waals surface area contributed by atoms with Gasteiger partial charge in [0, 0.05) is 0 Å². The van der Waals surface area contributed by atoms with Gasteiger partial charge in [0.05, 0.1) is 11.8 Å². The Morgan fingerprint density at radius 2 is 2.00 bits per heavy atom. The topological polar surface area (TPSA) is 39.0 Å². The molecule has 0 fully saturated rings. The molecule has 0 unspecified atom stereocenters. The summed E-state index contributed by atoms with van der Waals surface area (Å²) in [6.07, 6.45) is -2.74. The minimum absolute atomic E-state index is 0.228. The van der Waals surface area contributed by atoms with Gasteiger partial charge in [0.2, 0.25) is 0 Å². The number of hydrogen-bond acceptors (Lipinski definition) is 2. The molecule has 0 amide bonds. The molecule has 2 aromatic rings. The molecule has 0 bridgehead atoms. The Balaban J connectivity index is 1.74. The van der Waals surface area contributed by atoms with Crippen LogP contribution in [0.4, 0.5) is 13.2 Å². The van der Waals surface area contributed by atoms with Gasteiger partial charge in [-0.05, 0) is 30.3 Å². The lowest BCUT2D eigenvalue weighted by Gasteiger charge is -2.09. The summed E-state index contributed by atoms with van der Waals surface area (Å²) in [6, 6.07) is 8.56. The maximum absolute atomic E-state index is 12.5. The molecule has 20 heavy (non-hydrogen) atoms. The highest BCUT2D eigenvalue weighted by Gasteiger charge is 2.30. The minimum atomic E-state index is -4.34. The van der Waals surface area contributed by atoms with Gasteiger partial charge in [-0.25, -0.2) is 0 Å². The van der Waals surface area contributed by atoms with Crippen LogP contribution < -0.4 is 10.1 Å². The van der Waals surface area contributed by atoms with Crippen molar-refractivity contribution in [1.29, 1.82) is 0 Å². The van der Waals surface area contributed by atoms with Crippen molar-refractivity contribution in [3.05, 3.63) is 54.0 Å². The Morgan fingerprint density at radius 3 is 2.70 bits per heavy atom. The van der Waals surface area contributed by atoms with Gasteiger partial charge < -0.3 is 14.5 Å². The van der Waals surface area contributed by atoms with Crippen molar-refractivity contribution < 1.29 is 27.6 Å². The first-order valence-corrected chi connectivity index (χ1v) is 6.20. The second-order valence-electron chi connectivity index (χ2n) is 4.23. The van der Waals surface area contributed by atoms with E-state index in [0.717, 1.165) is 17.9 Å². The van der Waals surface area contributed by atoms with E-state index >= 15 is 0 Å². The Bertz CT molecular complexity index is 523. The van der Waals surface area contributed by atoms with E-state index < -0.39 is 11.7 Å². The Labute approximate surface area is 114 Å². The summed E-state index contributed by atoms with van der Waals surface area (Å²) < 4.78 is 47.9.